The van der Waals surface area contributed by atoms with Gasteiger partial charge in [0.05, 0.1) is 12.1 Å². The second-order valence-corrected chi connectivity index (χ2v) is 5.85. The normalized spacial score (nSPS) is 11.1. The number of nitrogens with zero attached hydrogens (tertiary/aromatic N) is 3. The molecule has 2 aromatic carbocycles. The largest absolute Gasteiger partial charge is 0.437 e. The third kappa shape index (κ3) is 2.92. The molecule has 0 atom stereocenters. The third-order valence-electron chi connectivity index (χ3n) is 3.82. The lowest BCUT2D eigenvalue weighted by molar-refractivity contribution is 0.495. The molecule has 0 spiro atoms. The van der Waals surface area contributed by atoms with E-state index in [1.807, 2.05) is 6.07 Å². The maximum absolute atomic E-state index is 13.0. The van der Waals surface area contributed by atoms with Gasteiger partial charge in [0, 0.05) is 27.7 Å². The summed E-state index contributed by atoms with van der Waals surface area (Å²) in [6, 6.07) is 12.8. The summed E-state index contributed by atoms with van der Waals surface area (Å²) in [4.78, 5) is 16.4. The molecule has 7 heteroatoms. The van der Waals surface area contributed by atoms with Crippen LogP contribution >= 0.6 is 11.6 Å². The number of rotatable bonds is 3. The van der Waals surface area contributed by atoms with Crippen molar-refractivity contribution in [3.05, 3.63) is 81.7 Å². The first-order chi connectivity index (χ1) is 12.1. The van der Waals surface area contributed by atoms with Crippen LogP contribution < -0.4 is 5.76 Å². The van der Waals surface area contributed by atoms with E-state index in [4.69, 9.17) is 16.0 Å². The lowest BCUT2D eigenvalue weighted by atomic mass is 10.1. The van der Waals surface area contributed by atoms with Gasteiger partial charge in [-0.05, 0) is 42.5 Å². The van der Waals surface area contributed by atoms with E-state index in [1.54, 1.807) is 24.4 Å². The van der Waals surface area contributed by atoms with Crippen LogP contribution in [-0.4, -0.2) is 14.8 Å². The molecule has 5 nitrogen and oxygen atoms in total. The van der Waals surface area contributed by atoms with E-state index >= 15 is 0 Å². The molecule has 0 aliphatic carbocycles. The molecule has 25 heavy (non-hydrogen) atoms. The number of pyridine rings is 1. The van der Waals surface area contributed by atoms with Crippen molar-refractivity contribution in [3.8, 4) is 11.5 Å². The highest BCUT2D eigenvalue weighted by atomic mass is 35.5. The average molecular weight is 356 g/mol. The smallest absolute Gasteiger partial charge is 0.388 e. The van der Waals surface area contributed by atoms with Crippen molar-refractivity contribution < 1.29 is 8.81 Å². The maximum Gasteiger partial charge on any atom is 0.437 e. The number of aromatic nitrogens is 3. The van der Waals surface area contributed by atoms with E-state index in [0.717, 1.165) is 10.9 Å². The molecule has 0 bridgehead atoms. The lowest BCUT2D eigenvalue weighted by Crippen LogP contribution is -2.16. The maximum atomic E-state index is 13.0. The summed E-state index contributed by atoms with van der Waals surface area (Å²) < 4.78 is 19.4. The monoisotopic (exact) mass is 355 g/mol. The molecule has 124 valence electrons. The fourth-order valence-electron chi connectivity index (χ4n) is 2.60. The van der Waals surface area contributed by atoms with Crippen LogP contribution in [0.2, 0.25) is 5.02 Å². The quantitative estimate of drug-likeness (QED) is 0.559. The van der Waals surface area contributed by atoms with Gasteiger partial charge >= 0.3 is 5.76 Å². The highest BCUT2D eigenvalue weighted by Crippen LogP contribution is 2.25. The molecule has 0 aliphatic heterocycles. The Morgan fingerprint density at radius 2 is 1.92 bits per heavy atom. The van der Waals surface area contributed by atoms with Crippen LogP contribution in [0.25, 0.3) is 22.4 Å². The molecule has 4 aromatic rings. The minimum Gasteiger partial charge on any atom is -0.388 e. The summed E-state index contributed by atoms with van der Waals surface area (Å²) >= 11 is 6.19. The van der Waals surface area contributed by atoms with Crippen molar-refractivity contribution in [1.29, 1.82) is 0 Å². The number of hydrogen-bond acceptors (Lipinski definition) is 4. The summed E-state index contributed by atoms with van der Waals surface area (Å²) in [5.74, 6) is -0.834. The number of benzene rings is 2. The van der Waals surface area contributed by atoms with Gasteiger partial charge < -0.3 is 4.42 Å². The molecule has 2 aromatic heterocycles. The topological polar surface area (TPSA) is 60.9 Å². The molecule has 2 heterocycles. The third-order valence-corrected chi connectivity index (χ3v) is 4.15. The molecular formula is C18H11ClFN3O2. The van der Waals surface area contributed by atoms with Crippen molar-refractivity contribution in [2.75, 3.05) is 0 Å². The zero-order chi connectivity index (χ0) is 17.4. The number of fused-ring (bicyclic) bond motifs is 1. The Morgan fingerprint density at radius 3 is 2.72 bits per heavy atom. The molecule has 0 saturated carbocycles. The van der Waals surface area contributed by atoms with E-state index in [1.165, 1.54) is 28.9 Å². The first-order valence-corrected chi connectivity index (χ1v) is 7.85. The van der Waals surface area contributed by atoms with Crippen molar-refractivity contribution in [3.63, 3.8) is 0 Å². The van der Waals surface area contributed by atoms with Crippen LogP contribution in [-0.2, 0) is 6.54 Å². The van der Waals surface area contributed by atoms with Crippen LogP contribution in [0.15, 0.2) is 63.9 Å². The minimum atomic E-state index is -0.599. The zero-order valence-corrected chi connectivity index (χ0v) is 13.6. The van der Waals surface area contributed by atoms with Gasteiger partial charge in [0.15, 0.2) is 0 Å². The van der Waals surface area contributed by atoms with Crippen molar-refractivity contribution >= 4 is 22.5 Å². The van der Waals surface area contributed by atoms with E-state index in [-0.39, 0.29) is 18.3 Å². The van der Waals surface area contributed by atoms with Gasteiger partial charge in [-0.15, -0.1) is 5.10 Å². The predicted molar refractivity (Wildman–Crippen MR) is 92.0 cm³/mol. The standard InChI is InChI=1S/C18H11ClFN3O2/c19-15-8-5-12(16-14(15)2-1-9-21-16)10-23-18(24)25-17(22-23)11-3-6-13(20)7-4-11/h1-9H,10H2. The number of hydrogen-bond donors (Lipinski definition) is 0. The molecule has 0 fully saturated rings. The van der Waals surface area contributed by atoms with Crippen LogP contribution in [0.3, 0.4) is 0 Å². The van der Waals surface area contributed by atoms with Gasteiger partial charge in [-0.25, -0.2) is 9.18 Å². The Hall–Kier alpha value is -2.99. The summed E-state index contributed by atoms with van der Waals surface area (Å²) in [6.45, 7) is 0.189. The molecule has 0 unspecified atom stereocenters. The Labute approximate surface area is 146 Å². The van der Waals surface area contributed by atoms with Gasteiger partial charge in [-0.1, -0.05) is 17.7 Å². The van der Waals surface area contributed by atoms with Crippen molar-refractivity contribution in [2.45, 2.75) is 6.54 Å². The van der Waals surface area contributed by atoms with Crippen molar-refractivity contribution in [2.24, 2.45) is 0 Å². The number of halogens is 2. The molecule has 0 amide bonds. The Balaban J connectivity index is 1.74. The van der Waals surface area contributed by atoms with Gasteiger partial charge in [0.2, 0.25) is 5.89 Å². The Kier molecular flexibility index (Phi) is 3.82. The molecular weight excluding hydrogens is 345 g/mol. The summed E-state index contributed by atoms with van der Waals surface area (Å²) in [7, 11) is 0. The second-order valence-electron chi connectivity index (χ2n) is 5.44. The van der Waals surface area contributed by atoms with Gasteiger partial charge in [-0.3, -0.25) is 4.98 Å². The van der Waals surface area contributed by atoms with Gasteiger partial charge in [0.1, 0.15) is 5.82 Å². The van der Waals surface area contributed by atoms with E-state index in [9.17, 15) is 9.18 Å². The van der Waals surface area contributed by atoms with E-state index in [2.05, 4.69) is 10.1 Å². The van der Waals surface area contributed by atoms with E-state index < -0.39 is 5.76 Å². The summed E-state index contributed by atoms with van der Waals surface area (Å²) in [5.41, 5.74) is 2.02. The first kappa shape index (κ1) is 15.5. The zero-order valence-electron chi connectivity index (χ0n) is 12.8. The minimum absolute atomic E-state index is 0.135. The summed E-state index contributed by atoms with van der Waals surface area (Å²) in [6.07, 6.45) is 1.66. The van der Waals surface area contributed by atoms with Crippen LogP contribution in [0.4, 0.5) is 4.39 Å². The Bertz CT molecular complexity index is 1120. The van der Waals surface area contributed by atoms with Crippen LogP contribution in [0, 0.1) is 5.82 Å². The van der Waals surface area contributed by atoms with Crippen molar-refractivity contribution in [1.82, 2.24) is 14.8 Å². The fourth-order valence-corrected chi connectivity index (χ4v) is 2.82. The molecule has 0 N–H and O–H groups in total. The molecule has 0 aliphatic rings. The van der Waals surface area contributed by atoms with Gasteiger partial charge in [-0.2, -0.15) is 4.68 Å². The predicted octanol–water partition coefficient (Wildman–Crippen LogP) is 3.89. The molecule has 4 rings (SSSR count). The SMILES string of the molecule is O=c1oc(-c2ccc(F)cc2)nn1Cc1ccc(Cl)c2cccnc12. The average Bonchev–Trinajstić information content (AvgIpc) is 2.99. The van der Waals surface area contributed by atoms with Gasteiger partial charge in [0.25, 0.3) is 0 Å². The summed E-state index contributed by atoms with van der Waals surface area (Å²) in [5, 5.41) is 5.58. The lowest BCUT2D eigenvalue weighted by Gasteiger charge is -2.06. The fraction of sp³-hybridized carbons (Fsp3) is 0.0556. The van der Waals surface area contributed by atoms with Crippen LogP contribution in [0.5, 0.6) is 0 Å². The first-order valence-electron chi connectivity index (χ1n) is 7.48. The second kappa shape index (κ2) is 6.14. The highest BCUT2D eigenvalue weighted by molar-refractivity contribution is 6.35. The van der Waals surface area contributed by atoms with Crippen LogP contribution in [0.1, 0.15) is 5.56 Å². The van der Waals surface area contributed by atoms with E-state index in [0.29, 0.717) is 16.1 Å². The molecule has 0 radical (unpaired) electrons. The highest BCUT2D eigenvalue weighted by Gasteiger charge is 2.13. The Morgan fingerprint density at radius 1 is 1.12 bits per heavy atom. The molecule has 0 saturated heterocycles.